The van der Waals surface area contributed by atoms with E-state index >= 15 is 0 Å². The molecule has 0 aromatic heterocycles. The maximum absolute atomic E-state index is 12.4. The van der Waals surface area contributed by atoms with Crippen molar-refractivity contribution in [3.63, 3.8) is 0 Å². The first-order chi connectivity index (χ1) is 13.9. The number of alkyl halides is 2. The Morgan fingerprint density at radius 1 is 1.00 bits per heavy atom. The lowest BCUT2D eigenvalue weighted by molar-refractivity contribution is -0.117. The van der Waals surface area contributed by atoms with Crippen LogP contribution in [0.25, 0.3) is 0 Å². The van der Waals surface area contributed by atoms with Crippen LogP contribution in [0.3, 0.4) is 0 Å². The normalized spacial score (nSPS) is 10.8. The van der Waals surface area contributed by atoms with E-state index in [9.17, 15) is 13.6 Å². The van der Waals surface area contributed by atoms with Gasteiger partial charge < -0.3 is 24.3 Å². The molecule has 1 amide bonds. The molecule has 9 heteroatoms. The molecule has 0 radical (unpaired) electrons. The number of nitrogens with zero attached hydrogens (tertiary/aromatic N) is 1. The Morgan fingerprint density at radius 2 is 1.72 bits per heavy atom. The molecule has 7 nitrogen and oxygen atoms in total. The number of carbonyl (C=O) groups is 1. The molecule has 0 heterocycles. The molecule has 0 bridgehead atoms. The third-order valence-corrected chi connectivity index (χ3v) is 3.99. The molecule has 0 atom stereocenters. The molecule has 0 unspecified atom stereocenters. The summed E-state index contributed by atoms with van der Waals surface area (Å²) in [5.74, 6) is 1.02. The topological polar surface area (TPSA) is 69.3 Å². The van der Waals surface area contributed by atoms with Crippen molar-refractivity contribution in [3.05, 3.63) is 42.0 Å². The molecule has 2 rings (SSSR count). The second kappa shape index (κ2) is 10.5. The Labute approximate surface area is 168 Å². The van der Waals surface area contributed by atoms with Gasteiger partial charge in [-0.1, -0.05) is 6.07 Å². The summed E-state index contributed by atoms with van der Waals surface area (Å²) in [6.07, 6.45) is 0. The van der Waals surface area contributed by atoms with E-state index in [2.05, 4.69) is 10.1 Å². The minimum absolute atomic E-state index is 0.0433. The van der Waals surface area contributed by atoms with E-state index < -0.39 is 6.61 Å². The van der Waals surface area contributed by atoms with E-state index in [1.165, 1.54) is 20.3 Å². The minimum atomic E-state index is -2.93. The smallest absolute Gasteiger partial charge is 0.387 e. The van der Waals surface area contributed by atoms with Crippen LogP contribution in [0.2, 0.25) is 0 Å². The van der Waals surface area contributed by atoms with Crippen LogP contribution < -0.4 is 24.3 Å². The first kappa shape index (κ1) is 22.2. The van der Waals surface area contributed by atoms with Crippen molar-refractivity contribution in [1.82, 2.24) is 4.90 Å². The summed E-state index contributed by atoms with van der Waals surface area (Å²) in [5, 5.41) is 2.79. The Morgan fingerprint density at radius 3 is 2.34 bits per heavy atom. The zero-order chi connectivity index (χ0) is 21.4. The average molecular weight is 410 g/mol. The number of hydrogen-bond donors (Lipinski definition) is 1. The second-order valence-electron chi connectivity index (χ2n) is 6.15. The van der Waals surface area contributed by atoms with Crippen molar-refractivity contribution in [2.45, 2.75) is 13.2 Å². The Balaban J connectivity index is 1.98. The fraction of sp³-hybridized carbons (Fsp3) is 0.350. The van der Waals surface area contributed by atoms with Crippen LogP contribution in [0.4, 0.5) is 14.5 Å². The molecule has 2 aromatic carbocycles. The molecule has 0 saturated heterocycles. The number of nitrogens with one attached hydrogen (secondary N) is 1. The largest absolute Gasteiger partial charge is 0.497 e. The average Bonchev–Trinajstić information content (AvgIpc) is 2.68. The summed E-state index contributed by atoms with van der Waals surface area (Å²) in [5.41, 5.74) is 1.31. The van der Waals surface area contributed by atoms with Crippen molar-refractivity contribution in [1.29, 1.82) is 0 Å². The molecule has 2 aromatic rings. The van der Waals surface area contributed by atoms with Gasteiger partial charge in [-0.25, -0.2) is 0 Å². The fourth-order valence-corrected chi connectivity index (χ4v) is 2.71. The molecule has 0 saturated carbocycles. The number of amides is 1. The zero-order valence-corrected chi connectivity index (χ0v) is 16.7. The molecule has 0 aliphatic carbocycles. The Hall–Kier alpha value is -3.07. The van der Waals surface area contributed by atoms with Gasteiger partial charge in [0.05, 0.1) is 33.6 Å². The third kappa shape index (κ3) is 6.49. The highest BCUT2D eigenvalue weighted by Crippen LogP contribution is 2.30. The van der Waals surface area contributed by atoms with E-state index in [1.54, 1.807) is 49.4 Å². The standard InChI is InChI=1S/C20H24F2N2O5/c1-24(11-13-5-8-16(29-20(21)22)18(9-13)28-4)12-19(25)23-15-7-6-14(26-2)10-17(15)27-3/h5-10,20H,11-12H2,1-4H3,(H,23,25). The first-order valence-corrected chi connectivity index (χ1v) is 8.68. The number of rotatable bonds is 10. The van der Waals surface area contributed by atoms with Gasteiger partial charge in [0.2, 0.25) is 5.91 Å². The van der Waals surface area contributed by atoms with Crippen LogP contribution in [-0.2, 0) is 11.3 Å². The maximum Gasteiger partial charge on any atom is 0.387 e. The first-order valence-electron chi connectivity index (χ1n) is 8.68. The number of ether oxygens (including phenoxy) is 4. The van der Waals surface area contributed by atoms with E-state index in [0.29, 0.717) is 23.7 Å². The van der Waals surface area contributed by atoms with Crippen molar-refractivity contribution >= 4 is 11.6 Å². The number of likely N-dealkylation sites (N-methyl/N-ethyl adjacent to an activating group) is 1. The van der Waals surface area contributed by atoms with Crippen LogP contribution in [0.5, 0.6) is 23.0 Å². The van der Waals surface area contributed by atoms with E-state index in [0.717, 1.165) is 5.56 Å². The summed E-state index contributed by atoms with van der Waals surface area (Å²) >= 11 is 0. The monoisotopic (exact) mass is 410 g/mol. The van der Waals surface area contributed by atoms with Crippen LogP contribution >= 0.6 is 0 Å². The van der Waals surface area contributed by atoms with Crippen LogP contribution in [-0.4, -0.2) is 52.3 Å². The van der Waals surface area contributed by atoms with Gasteiger partial charge in [0.15, 0.2) is 11.5 Å². The zero-order valence-electron chi connectivity index (χ0n) is 16.7. The van der Waals surface area contributed by atoms with Crippen LogP contribution in [0, 0.1) is 0 Å². The van der Waals surface area contributed by atoms with Gasteiger partial charge >= 0.3 is 6.61 Å². The summed E-state index contributed by atoms with van der Waals surface area (Å²) in [6, 6.07) is 9.74. The van der Waals surface area contributed by atoms with Crippen LogP contribution in [0.1, 0.15) is 5.56 Å². The lowest BCUT2D eigenvalue weighted by Gasteiger charge is -2.18. The number of halogens is 2. The lowest BCUT2D eigenvalue weighted by atomic mass is 10.2. The van der Waals surface area contributed by atoms with Gasteiger partial charge in [-0.15, -0.1) is 0 Å². The molecular weight excluding hydrogens is 386 g/mol. The highest BCUT2D eigenvalue weighted by molar-refractivity contribution is 5.93. The van der Waals surface area contributed by atoms with E-state index in [-0.39, 0.29) is 24.0 Å². The molecule has 0 aliphatic heterocycles. The predicted molar refractivity (Wildman–Crippen MR) is 104 cm³/mol. The van der Waals surface area contributed by atoms with Gasteiger partial charge in [-0.3, -0.25) is 9.69 Å². The summed E-state index contributed by atoms with van der Waals surface area (Å²) < 4.78 is 44.7. The van der Waals surface area contributed by atoms with Gasteiger partial charge in [0.25, 0.3) is 0 Å². The number of methoxy groups -OCH3 is 3. The minimum Gasteiger partial charge on any atom is -0.497 e. The maximum atomic E-state index is 12.4. The molecule has 29 heavy (non-hydrogen) atoms. The Bertz CT molecular complexity index is 833. The van der Waals surface area contributed by atoms with Gasteiger partial charge in [-0.05, 0) is 36.9 Å². The molecule has 1 N–H and O–H groups in total. The van der Waals surface area contributed by atoms with Gasteiger partial charge in [0, 0.05) is 12.6 Å². The number of carbonyl (C=O) groups excluding carboxylic acids is 1. The Kier molecular flexibility index (Phi) is 8.02. The fourth-order valence-electron chi connectivity index (χ4n) is 2.71. The van der Waals surface area contributed by atoms with E-state index in [4.69, 9.17) is 14.2 Å². The molecule has 0 aliphatic rings. The molecule has 0 spiro atoms. The molecule has 158 valence electrons. The third-order valence-electron chi connectivity index (χ3n) is 3.99. The lowest BCUT2D eigenvalue weighted by Crippen LogP contribution is -2.30. The highest BCUT2D eigenvalue weighted by atomic mass is 19.3. The SMILES string of the molecule is COc1ccc(NC(=O)CN(C)Cc2ccc(OC(F)F)c(OC)c2)c(OC)c1. The second-order valence-corrected chi connectivity index (χ2v) is 6.15. The molecular formula is C20H24F2N2O5. The van der Waals surface area contributed by atoms with E-state index in [1.807, 2.05) is 0 Å². The van der Waals surface area contributed by atoms with Crippen molar-refractivity contribution < 1.29 is 32.5 Å². The van der Waals surface area contributed by atoms with Gasteiger partial charge in [-0.2, -0.15) is 8.78 Å². The summed E-state index contributed by atoms with van der Waals surface area (Å²) in [6.45, 7) is -2.43. The quantitative estimate of drug-likeness (QED) is 0.648. The number of benzene rings is 2. The summed E-state index contributed by atoms with van der Waals surface area (Å²) in [7, 11) is 6.19. The predicted octanol–water partition coefficient (Wildman–Crippen LogP) is 3.38. The number of hydrogen-bond acceptors (Lipinski definition) is 6. The highest BCUT2D eigenvalue weighted by Gasteiger charge is 2.14. The van der Waals surface area contributed by atoms with Crippen molar-refractivity contribution in [3.8, 4) is 23.0 Å². The summed E-state index contributed by atoms with van der Waals surface area (Å²) in [4.78, 5) is 14.1. The molecule has 0 fully saturated rings. The van der Waals surface area contributed by atoms with Crippen molar-refractivity contribution in [2.75, 3.05) is 40.2 Å². The van der Waals surface area contributed by atoms with Crippen LogP contribution in [0.15, 0.2) is 36.4 Å². The van der Waals surface area contributed by atoms with Crippen molar-refractivity contribution in [2.24, 2.45) is 0 Å². The van der Waals surface area contributed by atoms with Gasteiger partial charge in [0.1, 0.15) is 11.5 Å². The number of anilines is 1.